The standard InChI is InChI=1S/C14H19N3O/c18-14(12-4-2-1-3-5-12)16-15-13-10-17-8-6-11(13)7-9-17/h1-5,11,13,15H,6-10H2,(H,16,18). The first kappa shape index (κ1) is 11.7. The number of hydrogen-bond acceptors (Lipinski definition) is 3. The summed E-state index contributed by atoms with van der Waals surface area (Å²) in [6.07, 6.45) is 2.50. The maximum Gasteiger partial charge on any atom is 0.265 e. The van der Waals surface area contributed by atoms with Gasteiger partial charge >= 0.3 is 0 Å². The molecule has 1 atom stereocenters. The van der Waals surface area contributed by atoms with Gasteiger partial charge < -0.3 is 4.90 Å². The molecule has 0 aromatic heterocycles. The second-order valence-electron chi connectivity index (χ2n) is 5.21. The molecule has 3 fully saturated rings. The van der Waals surface area contributed by atoms with E-state index in [1.165, 1.54) is 25.9 Å². The maximum absolute atomic E-state index is 11.9. The Morgan fingerprint density at radius 3 is 2.50 bits per heavy atom. The van der Waals surface area contributed by atoms with E-state index in [0.29, 0.717) is 17.5 Å². The Morgan fingerprint density at radius 2 is 1.89 bits per heavy atom. The van der Waals surface area contributed by atoms with Gasteiger partial charge in [-0.25, -0.2) is 5.43 Å². The summed E-state index contributed by atoms with van der Waals surface area (Å²) in [4.78, 5) is 14.4. The number of carbonyl (C=O) groups excluding carboxylic acids is 1. The van der Waals surface area contributed by atoms with Gasteiger partial charge in [-0.15, -0.1) is 0 Å². The predicted octanol–water partition coefficient (Wildman–Crippen LogP) is 1.02. The minimum atomic E-state index is -0.0490. The molecule has 0 radical (unpaired) electrons. The highest BCUT2D eigenvalue weighted by Gasteiger charge is 2.34. The Kier molecular flexibility index (Phi) is 3.30. The molecule has 2 N–H and O–H groups in total. The van der Waals surface area contributed by atoms with Crippen LogP contribution in [0.3, 0.4) is 0 Å². The summed E-state index contributed by atoms with van der Waals surface area (Å²) in [5.74, 6) is 0.665. The molecule has 1 unspecified atom stereocenters. The van der Waals surface area contributed by atoms with Crippen molar-refractivity contribution < 1.29 is 4.79 Å². The summed E-state index contributed by atoms with van der Waals surface area (Å²) in [5, 5.41) is 0. The van der Waals surface area contributed by atoms with Crippen LogP contribution in [0.2, 0.25) is 0 Å². The number of nitrogens with one attached hydrogen (secondary N) is 2. The van der Waals surface area contributed by atoms with Gasteiger partial charge in [-0.3, -0.25) is 10.2 Å². The SMILES string of the molecule is O=C(NNC1CN2CCC1CC2)c1ccccc1. The van der Waals surface area contributed by atoms with E-state index < -0.39 is 0 Å². The third kappa shape index (κ3) is 2.40. The van der Waals surface area contributed by atoms with Gasteiger partial charge in [0.05, 0.1) is 0 Å². The number of hydrogen-bond donors (Lipinski definition) is 2. The lowest BCUT2D eigenvalue weighted by Gasteiger charge is -2.44. The topological polar surface area (TPSA) is 44.4 Å². The molecular formula is C14H19N3O. The highest BCUT2D eigenvalue weighted by molar-refractivity contribution is 5.93. The van der Waals surface area contributed by atoms with Crippen molar-refractivity contribution in [3.8, 4) is 0 Å². The molecule has 4 nitrogen and oxygen atoms in total. The average molecular weight is 245 g/mol. The van der Waals surface area contributed by atoms with E-state index >= 15 is 0 Å². The Morgan fingerprint density at radius 1 is 1.17 bits per heavy atom. The van der Waals surface area contributed by atoms with E-state index in [0.717, 1.165) is 6.54 Å². The van der Waals surface area contributed by atoms with Crippen LogP contribution in [0.4, 0.5) is 0 Å². The van der Waals surface area contributed by atoms with Gasteiger partial charge in [0.2, 0.25) is 0 Å². The van der Waals surface area contributed by atoms with Crippen molar-refractivity contribution in [2.45, 2.75) is 18.9 Å². The molecule has 4 heteroatoms. The molecule has 0 aliphatic carbocycles. The van der Waals surface area contributed by atoms with Gasteiger partial charge in [0.1, 0.15) is 0 Å². The lowest BCUT2D eigenvalue weighted by atomic mass is 9.84. The molecule has 18 heavy (non-hydrogen) atoms. The van der Waals surface area contributed by atoms with Crippen LogP contribution >= 0.6 is 0 Å². The number of hydrazine groups is 1. The second-order valence-corrected chi connectivity index (χ2v) is 5.21. The van der Waals surface area contributed by atoms with Crippen molar-refractivity contribution in [2.24, 2.45) is 5.92 Å². The van der Waals surface area contributed by atoms with Crippen molar-refractivity contribution in [3.63, 3.8) is 0 Å². The van der Waals surface area contributed by atoms with E-state index in [1.54, 1.807) is 0 Å². The molecule has 0 spiro atoms. The Hall–Kier alpha value is -1.39. The largest absolute Gasteiger partial charge is 0.302 e. The summed E-state index contributed by atoms with van der Waals surface area (Å²) in [6, 6.07) is 9.73. The lowest BCUT2D eigenvalue weighted by molar-refractivity contribution is 0.0610. The van der Waals surface area contributed by atoms with Gasteiger partial charge in [0.25, 0.3) is 5.91 Å². The zero-order valence-electron chi connectivity index (χ0n) is 10.4. The smallest absolute Gasteiger partial charge is 0.265 e. The molecule has 1 aromatic carbocycles. The van der Waals surface area contributed by atoms with Crippen molar-refractivity contribution in [1.82, 2.24) is 15.8 Å². The van der Waals surface area contributed by atoms with Crippen molar-refractivity contribution in [1.29, 1.82) is 0 Å². The first-order valence-electron chi connectivity index (χ1n) is 6.66. The molecular weight excluding hydrogens is 226 g/mol. The second kappa shape index (κ2) is 5.08. The number of carbonyl (C=O) groups is 1. The fourth-order valence-electron chi connectivity index (χ4n) is 2.95. The van der Waals surface area contributed by atoms with E-state index in [9.17, 15) is 4.79 Å². The highest BCUT2D eigenvalue weighted by atomic mass is 16.2. The summed E-state index contributed by atoms with van der Waals surface area (Å²) >= 11 is 0. The number of piperidine rings is 3. The van der Waals surface area contributed by atoms with Crippen LogP contribution in [0, 0.1) is 5.92 Å². The van der Waals surface area contributed by atoms with Crippen molar-refractivity contribution >= 4 is 5.91 Å². The van der Waals surface area contributed by atoms with E-state index in [1.807, 2.05) is 30.3 Å². The molecule has 3 heterocycles. The monoisotopic (exact) mass is 245 g/mol. The Labute approximate surface area is 107 Å². The highest BCUT2D eigenvalue weighted by Crippen LogP contribution is 2.26. The van der Waals surface area contributed by atoms with Crippen molar-refractivity contribution in [3.05, 3.63) is 35.9 Å². The van der Waals surface area contributed by atoms with Gasteiger partial charge in [0, 0.05) is 18.2 Å². The van der Waals surface area contributed by atoms with Crippen LogP contribution in [0.15, 0.2) is 30.3 Å². The third-order valence-corrected chi connectivity index (χ3v) is 4.06. The Bertz CT molecular complexity index is 412. The molecule has 3 aliphatic rings. The molecule has 3 aliphatic heterocycles. The molecule has 2 bridgehead atoms. The van der Waals surface area contributed by atoms with Crippen LogP contribution < -0.4 is 10.9 Å². The van der Waals surface area contributed by atoms with E-state index in [4.69, 9.17) is 0 Å². The number of rotatable bonds is 3. The fourth-order valence-corrected chi connectivity index (χ4v) is 2.95. The number of fused-ring (bicyclic) bond motifs is 3. The number of nitrogens with zero attached hydrogens (tertiary/aromatic N) is 1. The minimum absolute atomic E-state index is 0.0490. The predicted molar refractivity (Wildman–Crippen MR) is 70.0 cm³/mol. The first-order chi connectivity index (χ1) is 8.83. The van der Waals surface area contributed by atoms with Crippen LogP contribution in [0.1, 0.15) is 23.2 Å². The van der Waals surface area contributed by atoms with Crippen molar-refractivity contribution in [2.75, 3.05) is 19.6 Å². The molecule has 1 amide bonds. The third-order valence-electron chi connectivity index (χ3n) is 4.06. The fraction of sp³-hybridized carbons (Fsp3) is 0.500. The number of benzene rings is 1. The van der Waals surface area contributed by atoms with Crippen LogP contribution in [0.5, 0.6) is 0 Å². The number of amides is 1. The molecule has 0 saturated carbocycles. The normalized spacial score (nSPS) is 30.1. The van der Waals surface area contributed by atoms with Gasteiger partial charge in [-0.05, 0) is 44.0 Å². The zero-order valence-corrected chi connectivity index (χ0v) is 10.4. The zero-order chi connectivity index (χ0) is 12.4. The van der Waals surface area contributed by atoms with Gasteiger partial charge in [0.15, 0.2) is 0 Å². The maximum atomic E-state index is 11.9. The first-order valence-corrected chi connectivity index (χ1v) is 6.66. The van der Waals surface area contributed by atoms with E-state index in [2.05, 4.69) is 15.8 Å². The summed E-state index contributed by atoms with van der Waals surface area (Å²) in [5.41, 5.74) is 6.75. The summed E-state index contributed by atoms with van der Waals surface area (Å²) in [7, 11) is 0. The quantitative estimate of drug-likeness (QED) is 0.781. The summed E-state index contributed by atoms with van der Waals surface area (Å²) < 4.78 is 0. The van der Waals surface area contributed by atoms with Gasteiger partial charge in [-0.1, -0.05) is 18.2 Å². The molecule has 4 rings (SSSR count). The van der Waals surface area contributed by atoms with E-state index in [-0.39, 0.29) is 5.91 Å². The lowest BCUT2D eigenvalue weighted by Crippen LogP contribution is -2.59. The molecule has 96 valence electrons. The minimum Gasteiger partial charge on any atom is -0.302 e. The Balaban J connectivity index is 1.54. The average Bonchev–Trinajstić information content (AvgIpc) is 2.47. The molecule has 3 saturated heterocycles. The van der Waals surface area contributed by atoms with Crippen LogP contribution in [0.25, 0.3) is 0 Å². The summed E-state index contributed by atoms with van der Waals surface area (Å²) in [6.45, 7) is 3.49. The van der Waals surface area contributed by atoms with Crippen LogP contribution in [-0.2, 0) is 0 Å². The molecule has 1 aromatic rings. The van der Waals surface area contributed by atoms with Crippen LogP contribution in [-0.4, -0.2) is 36.5 Å². The van der Waals surface area contributed by atoms with Gasteiger partial charge in [-0.2, -0.15) is 0 Å².